The van der Waals surface area contributed by atoms with Gasteiger partial charge in [0.25, 0.3) is 5.91 Å². The van der Waals surface area contributed by atoms with Crippen LogP contribution in [-0.2, 0) is 0 Å². The number of aliphatic hydroxyl groups excluding tert-OH is 1. The fourth-order valence-electron chi connectivity index (χ4n) is 4.94. The number of rotatable bonds is 7. The van der Waals surface area contributed by atoms with Crippen LogP contribution in [0, 0.1) is 6.92 Å². The van der Waals surface area contributed by atoms with E-state index in [4.69, 9.17) is 27.3 Å². The Labute approximate surface area is 229 Å². The van der Waals surface area contributed by atoms with Crippen LogP contribution in [0.15, 0.2) is 30.5 Å². The third-order valence-corrected chi connectivity index (χ3v) is 8.35. The van der Waals surface area contributed by atoms with Crippen molar-refractivity contribution < 1.29 is 14.3 Å². The maximum atomic E-state index is 13.9. The molecule has 1 amide bonds. The molecular formula is C26H31ClFN7O2S. The number of nitrogens with two attached hydrogens (primary N) is 1. The molecule has 2 fully saturated rings. The van der Waals surface area contributed by atoms with Crippen molar-refractivity contribution in [3.63, 3.8) is 0 Å². The second-order valence-electron chi connectivity index (χ2n) is 9.83. The number of aliphatic hydroxyl groups is 1. The molecule has 0 spiro atoms. The number of anilines is 5. The number of benzene rings is 1. The minimum absolute atomic E-state index is 0.120. The normalized spacial score (nSPS) is 20.4. The molecule has 2 aliphatic rings. The smallest absolute Gasteiger partial charge is 0.260 e. The lowest BCUT2D eigenvalue weighted by Gasteiger charge is -2.32. The minimum atomic E-state index is -0.816. The predicted octanol–water partition coefficient (Wildman–Crippen LogP) is 5.12. The van der Waals surface area contributed by atoms with Gasteiger partial charge in [-0.15, -0.1) is 0 Å². The molecule has 0 atom stereocenters. The molecule has 9 nitrogen and oxygen atoms in total. The highest BCUT2D eigenvalue weighted by atomic mass is 35.5. The van der Waals surface area contributed by atoms with Gasteiger partial charge in [0.05, 0.1) is 23.0 Å². The molecule has 38 heavy (non-hydrogen) atoms. The highest BCUT2D eigenvalue weighted by Crippen LogP contribution is 2.42. The zero-order valence-corrected chi connectivity index (χ0v) is 22.7. The summed E-state index contributed by atoms with van der Waals surface area (Å²) in [5.74, 6) is 1.05. The van der Waals surface area contributed by atoms with Crippen molar-refractivity contribution in [2.75, 3.05) is 28.2 Å². The number of amides is 1. The second kappa shape index (κ2) is 11.4. The number of nitrogens with zero attached hydrogens (tertiary/aromatic N) is 5. The first-order chi connectivity index (χ1) is 18.3. The second-order valence-corrected chi connectivity index (χ2v) is 11.2. The van der Waals surface area contributed by atoms with Gasteiger partial charge in [0.15, 0.2) is 5.13 Å². The summed E-state index contributed by atoms with van der Waals surface area (Å²) in [6, 6.07) is 7.57. The lowest BCUT2D eigenvalue weighted by Crippen LogP contribution is -2.35. The van der Waals surface area contributed by atoms with Gasteiger partial charge in [-0.3, -0.25) is 9.69 Å². The SMILES string of the molecule is Cc1cccc(Cl)c1N(c1cc(N2CCC(F)CC2)nc(NC2CCC(O)CC2)n1)c1ncc(C(N)=O)s1. The molecule has 0 radical (unpaired) electrons. The maximum Gasteiger partial charge on any atom is 0.260 e. The molecule has 3 heterocycles. The lowest BCUT2D eigenvalue weighted by atomic mass is 9.93. The predicted molar refractivity (Wildman–Crippen MR) is 149 cm³/mol. The first-order valence-electron chi connectivity index (χ1n) is 12.8. The fourth-order valence-corrected chi connectivity index (χ4v) is 6.03. The van der Waals surface area contributed by atoms with E-state index >= 15 is 0 Å². The summed E-state index contributed by atoms with van der Waals surface area (Å²) in [5, 5.41) is 14.4. The number of piperidine rings is 1. The Bertz CT molecular complexity index is 1270. The van der Waals surface area contributed by atoms with Crippen LogP contribution < -0.4 is 20.9 Å². The lowest BCUT2D eigenvalue weighted by molar-refractivity contribution is 0.100. The summed E-state index contributed by atoms with van der Waals surface area (Å²) >= 11 is 7.87. The Balaban J connectivity index is 1.61. The van der Waals surface area contributed by atoms with Crippen molar-refractivity contribution in [3.05, 3.63) is 45.9 Å². The Morgan fingerprint density at radius 2 is 1.95 bits per heavy atom. The van der Waals surface area contributed by atoms with E-state index in [0.29, 0.717) is 77.1 Å². The number of hydrogen-bond acceptors (Lipinski definition) is 9. The molecule has 4 N–H and O–H groups in total. The van der Waals surface area contributed by atoms with E-state index in [1.807, 2.05) is 30.0 Å². The summed E-state index contributed by atoms with van der Waals surface area (Å²) in [6.45, 7) is 3.03. The Hall–Kier alpha value is -3.02. The zero-order valence-electron chi connectivity index (χ0n) is 21.1. The van der Waals surface area contributed by atoms with Gasteiger partial charge in [0, 0.05) is 25.2 Å². The van der Waals surface area contributed by atoms with Crippen LogP contribution in [0.25, 0.3) is 0 Å². The van der Waals surface area contributed by atoms with Gasteiger partial charge in [-0.2, -0.15) is 9.97 Å². The van der Waals surface area contributed by atoms with Gasteiger partial charge in [-0.25, -0.2) is 9.37 Å². The molecular weight excluding hydrogens is 529 g/mol. The number of alkyl halides is 1. The van der Waals surface area contributed by atoms with Gasteiger partial charge in [-0.05, 0) is 57.1 Å². The highest BCUT2D eigenvalue weighted by molar-refractivity contribution is 7.17. The van der Waals surface area contributed by atoms with Crippen molar-refractivity contribution in [2.24, 2.45) is 5.73 Å². The first-order valence-corrected chi connectivity index (χ1v) is 14.0. The van der Waals surface area contributed by atoms with Crippen molar-refractivity contribution in [1.82, 2.24) is 15.0 Å². The molecule has 12 heteroatoms. The van der Waals surface area contributed by atoms with Crippen molar-refractivity contribution in [2.45, 2.75) is 63.8 Å². The van der Waals surface area contributed by atoms with E-state index in [1.165, 1.54) is 6.20 Å². The topological polar surface area (TPSA) is 120 Å². The zero-order chi connectivity index (χ0) is 26.8. The van der Waals surface area contributed by atoms with Crippen LogP contribution in [0.4, 0.5) is 32.8 Å². The first kappa shape index (κ1) is 26.6. The average Bonchev–Trinajstić information content (AvgIpc) is 3.38. The molecule has 0 bridgehead atoms. The Morgan fingerprint density at radius 1 is 1.21 bits per heavy atom. The Kier molecular flexibility index (Phi) is 7.96. The summed E-state index contributed by atoms with van der Waals surface area (Å²) in [4.78, 5) is 30.3. The fraction of sp³-hybridized carbons (Fsp3) is 0.462. The van der Waals surface area contributed by atoms with Crippen LogP contribution in [0.1, 0.15) is 53.8 Å². The van der Waals surface area contributed by atoms with Crippen molar-refractivity contribution in [3.8, 4) is 0 Å². The van der Waals surface area contributed by atoms with Gasteiger partial charge < -0.3 is 21.1 Å². The third kappa shape index (κ3) is 5.84. The minimum Gasteiger partial charge on any atom is -0.393 e. The highest BCUT2D eigenvalue weighted by Gasteiger charge is 2.27. The van der Waals surface area contributed by atoms with Crippen molar-refractivity contribution >= 4 is 57.2 Å². The van der Waals surface area contributed by atoms with E-state index in [0.717, 1.165) is 29.7 Å². The standard InChI is InChI=1S/C26H31ClFN7O2S/c1-15-3-2-4-19(27)23(15)35(26-30-14-20(38-26)24(29)37)22-13-21(34-11-9-16(28)10-12-34)32-25(33-22)31-17-5-7-18(36)8-6-17/h2-4,13-14,16-18,36H,5-12H2,1H3,(H2,29,37)(H,31,32,33). The summed E-state index contributed by atoms with van der Waals surface area (Å²) in [7, 11) is 0. The summed E-state index contributed by atoms with van der Waals surface area (Å²) < 4.78 is 13.9. The van der Waals surface area contributed by atoms with Crippen LogP contribution in [0.2, 0.25) is 5.02 Å². The number of nitrogens with one attached hydrogen (secondary N) is 1. The number of thiazole rings is 1. The largest absolute Gasteiger partial charge is 0.393 e. The van der Waals surface area contributed by atoms with Crippen molar-refractivity contribution in [1.29, 1.82) is 0 Å². The van der Waals surface area contributed by atoms with E-state index < -0.39 is 12.1 Å². The van der Waals surface area contributed by atoms with Crippen LogP contribution >= 0.6 is 22.9 Å². The van der Waals surface area contributed by atoms with Crippen LogP contribution in [0.5, 0.6) is 0 Å². The number of halogens is 2. The molecule has 1 aliphatic carbocycles. The van der Waals surface area contributed by atoms with Gasteiger partial charge in [0.2, 0.25) is 5.95 Å². The number of carbonyl (C=O) groups is 1. The average molecular weight is 560 g/mol. The van der Waals surface area contributed by atoms with Gasteiger partial charge in [-0.1, -0.05) is 35.1 Å². The number of primary amides is 1. The van der Waals surface area contributed by atoms with Crippen LogP contribution in [-0.4, -0.2) is 57.4 Å². The summed E-state index contributed by atoms with van der Waals surface area (Å²) in [6.07, 6.45) is 4.27. The van der Waals surface area contributed by atoms with E-state index in [2.05, 4.69) is 15.2 Å². The molecule has 1 saturated carbocycles. The van der Waals surface area contributed by atoms with Gasteiger partial charge in [0.1, 0.15) is 22.7 Å². The van der Waals surface area contributed by atoms with E-state index in [-0.39, 0.29) is 12.1 Å². The maximum absolute atomic E-state index is 13.9. The molecule has 1 aromatic carbocycles. The number of para-hydroxylation sites is 1. The van der Waals surface area contributed by atoms with Gasteiger partial charge >= 0.3 is 0 Å². The molecule has 2 aromatic heterocycles. The molecule has 1 saturated heterocycles. The molecule has 3 aromatic rings. The third-order valence-electron chi connectivity index (χ3n) is 7.05. The molecule has 202 valence electrons. The number of hydrogen-bond donors (Lipinski definition) is 3. The Morgan fingerprint density at radius 3 is 2.61 bits per heavy atom. The monoisotopic (exact) mass is 559 g/mol. The molecule has 0 unspecified atom stereocenters. The quantitative estimate of drug-likeness (QED) is 0.365. The summed E-state index contributed by atoms with van der Waals surface area (Å²) in [5.41, 5.74) is 7.10. The molecule has 5 rings (SSSR count). The van der Waals surface area contributed by atoms with E-state index in [9.17, 15) is 14.3 Å². The molecule has 1 aliphatic heterocycles. The number of carbonyl (C=O) groups excluding carboxylic acids is 1. The van der Waals surface area contributed by atoms with E-state index in [1.54, 1.807) is 6.07 Å². The number of aromatic nitrogens is 3. The van der Waals surface area contributed by atoms with Crippen LogP contribution in [0.3, 0.4) is 0 Å². The number of aryl methyl sites for hydroxylation is 1.